The van der Waals surface area contributed by atoms with Gasteiger partial charge in [-0.3, -0.25) is 10.2 Å². The van der Waals surface area contributed by atoms with Crippen molar-refractivity contribution in [3.05, 3.63) is 58.7 Å². The van der Waals surface area contributed by atoms with Crippen LogP contribution in [-0.2, 0) is 11.2 Å². The van der Waals surface area contributed by atoms with Crippen LogP contribution in [-0.4, -0.2) is 30.8 Å². The number of nitrogens with one attached hydrogen (secondary N) is 2. The van der Waals surface area contributed by atoms with E-state index in [-0.39, 0.29) is 11.9 Å². The number of anilines is 2. The Morgan fingerprint density at radius 1 is 1.19 bits per heavy atom. The number of rotatable bonds is 4. The Labute approximate surface area is 186 Å². The molecule has 3 rings (SSSR count). The lowest BCUT2D eigenvalue weighted by Gasteiger charge is -2.35. The monoisotopic (exact) mass is 445 g/mol. The first kappa shape index (κ1) is 23.5. The van der Waals surface area contributed by atoms with E-state index in [2.05, 4.69) is 10.6 Å². The molecular weight excluding hydrogens is 416 g/mol. The van der Waals surface area contributed by atoms with E-state index in [0.29, 0.717) is 30.8 Å². The molecule has 0 saturated carbocycles. The molecule has 2 N–H and O–H groups in total. The van der Waals surface area contributed by atoms with Crippen LogP contribution in [0.3, 0.4) is 0 Å². The first-order valence-corrected chi connectivity index (χ1v) is 10.5. The van der Waals surface area contributed by atoms with Gasteiger partial charge in [0.15, 0.2) is 0 Å². The third kappa shape index (κ3) is 5.75. The minimum absolute atomic E-state index is 0.0500. The highest BCUT2D eigenvalue weighted by atomic mass is 19.1. The fraction of sp³-hybridized carbons (Fsp3) is 0.417. The maximum atomic E-state index is 14.1. The van der Waals surface area contributed by atoms with Crippen molar-refractivity contribution in [1.82, 2.24) is 5.32 Å². The molecule has 1 heterocycles. The minimum Gasteiger partial charge on any atom is -0.444 e. The molecule has 2 aromatic rings. The van der Waals surface area contributed by atoms with Crippen molar-refractivity contribution in [3.8, 4) is 0 Å². The van der Waals surface area contributed by atoms with Crippen molar-refractivity contribution in [3.63, 3.8) is 0 Å². The molecule has 32 heavy (non-hydrogen) atoms. The van der Waals surface area contributed by atoms with Crippen LogP contribution in [0.2, 0.25) is 0 Å². The maximum Gasteiger partial charge on any atom is 0.412 e. The van der Waals surface area contributed by atoms with Gasteiger partial charge in [-0.1, -0.05) is 6.07 Å². The molecule has 1 aliphatic rings. The smallest absolute Gasteiger partial charge is 0.412 e. The highest BCUT2D eigenvalue weighted by Gasteiger charge is 2.29. The van der Waals surface area contributed by atoms with E-state index in [0.717, 1.165) is 22.9 Å². The number of hydrogen-bond acceptors (Lipinski definition) is 3. The number of hydrogen-bond donors (Lipinski definition) is 2. The van der Waals surface area contributed by atoms with Crippen molar-refractivity contribution in [1.29, 1.82) is 0 Å². The lowest BCUT2D eigenvalue weighted by atomic mass is 9.95. The lowest BCUT2D eigenvalue weighted by Crippen LogP contribution is -2.52. The van der Waals surface area contributed by atoms with Gasteiger partial charge >= 0.3 is 12.1 Å². The first-order chi connectivity index (χ1) is 14.9. The largest absolute Gasteiger partial charge is 0.444 e. The number of urea groups is 1. The van der Waals surface area contributed by atoms with Crippen LogP contribution >= 0.6 is 0 Å². The van der Waals surface area contributed by atoms with Gasteiger partial charge in [0, 0.05) is 24.8 Å². The fourth-order valence-electron chi connectivity index (χ4n) is 3.94. The molecule has 0 aliphatic carbocycles. The van der Waals surface area contributed by atoms with Crippen molar-refractivity contribution < 1.29 is 23.1 Å². The zero-order valence-electron chi connectivity index (χ0n) is 19.0. The van der Waals surface area contributed by atoms with Crippen LogP contribution in [0.5, 0.6) is 0 Å². The van der Waals surface area contributed by atoms with Gasteiger partial charge in [0.1, 0.15) is 17.2 Å². The quantitative estimate of drug-likeness (QED) is 0.669. The van der Waals surface area contributed by atoms with Crippen molar-refractivity contribution in [2.45, 2.75) is 46.6 Å². The normalized spacial score (nSPS) is 16.5. The molecule has 1 unspecified atom stereocenters. The van der Waals surface area contributed by atoms with Gasteiger partial charge in [0.25, 0.3) is 0 Å². The van der Waals surface area contributed by atoms with Crippen molar-refractivity contribution in [2.24, 2.45) is 5.92 Å². The lowest BCUT2D eigenvalue weighted by molar-refractivity contribution is 0.0636. The average molecular weight is 446 g/mol. The number of halogens is 2. The third-order valence-electron chi connectivity index (χ3n) is 5.16. The molecule has 8 heteroatoms. The van der Waals surface area contributed by atoms with E-state index < -0.39 is 23.3 Å². The van der Waals surface area contributed by atoms with E-state index in [4.69, 9.17) is 4.74 Å². The Bertz CT molecular complexity index is 1010. The molecule has 172 valence electrons. The zero-order valence-corrected chi connectivity index (χ0v) is 19.0. The predicted octanol–water partition coefficient (Wildman–Crippen LogP) is 5.32. The number of nitrogens with zero attached hydrogens (tertiary/aromatic N) is 1. The van der Waals surface area contributed by atoms with Crippen molar-refractivity contribution >= 4 is 23.5 Å². The van der Waals surface area contributed by atoms with Gasteiger partial charge in [0.2, 0.25) is 0 Å². The predicted molar refractivity (Wildman–Crippen MR) is 120 cm³/mol. The molecule has 2 aromatic carbocycles. The summed E-state index contributed by atoms with van der Waals surface area (Å²) >= 11 is 0. The molecule has 6 nitrogen and oxygen atoms in total. The summed E-state index contributed by atoms with van der Waals surface area (Å²) in [4.78, 5) is 26.4. The summed E-state index contributed by atoms with van der Waals surface area (Å²) in [6.45, 7) is 9.88. The Hall–Kier alpha value is -3.16. The minimum atomic E-state index is -0.615. The number of aryl methyl sites for hydroxylation is 2. The van der Waals surface area contributed by atoms with Gasteiger partial charge in [-0.05, 0) is 81.8 Å². The SMILES string of the molecule is Cc1cc(NC(=O)OC(C)(C)C)cc(C)c1N1CC(Cc2ccc(F)cc2F)CNC1=O. The van der Waals surface area contributed by atoms with Crippen LogP contribution in [0, 0.1) is 31.4 Å². The molecular formula is C24H29F2N3O3. The molecule has 0 bridgehead atoms. The van der Waals surface area contributed by atoms with E-state index >= 15 is 0 Å². The Balaban J connectivity index is 1.78. The molecule has 0 aromatic heterocycles. The van der Waals surface area contributed by atoms with Gasteiger partial charge in [0.05, 0.1) is 5.69 Å². The Kier molecular flexibility index (Phi) is 6.71. The summed E-state index contributed by atoms with van der Waals surface area (Å²) in [5.74, 6) is -1.25. The van der Waals surface area contributed by atoms with Crippen LogP contribution in [0.4, 0.5) is 29.7 Å². The molecule has 0 spiro atoms. The summed E-state index contributed by atoms with van der Waals surface area (Å²) < 4.78 is 32.6. The average Bonchev–Trinajstić information content (AvgIpc) is 2.64. The summed E-state index contributed by atoms with van der Waals surface area (Å²) in [5.41, 5.74) is 2.72. The van der Waals surface area contributed by atoms with E-state index in [1.165, 1.54) is 12.1 Å². The number of benzene rings is 2. The maximum absolute atomic E-state index is 14.1. The standard InChI is InChI=1S/C24H29F2N3O3/c1-14-8-19(28-23(31)32-24(3,4)5)9-15(2)21(14)29-13-16(12-27-22(29)30)10-17-6-7-18(25)11-20(17)26/h6-9,11,16H,10,12-13H2,1-5H3,(H,27,30)(H,28,31). The van der Waals surface area contributed by atoms with Gasteiger partial charge in [-0.15, -0.1) is 0 Å². The van der Waals surface area contributed by atoms with Crippen LogP contribution in [0.25, 0.3) is 0 Å². The molecule has 0 radical (unpaired) electrons. The summed E-state index contributed by atoms with van der Waals surface area (Å²) in [6, 6.07) is 6.88. The number of amides is 3. The van der Waals surface area contributed by atoms with Crippen LogP contribution in [0.1, 0.15) is 37.5 Å². The van der Waals surface area contributed by atoms with E-state index in [9.17, 15) is 18.4 Å². The van der Waals surface area contributed by atoms with Crippen molar-refractivity contribution in [2.75, 3.05) is 23.3 Å². The number of carbonyl (C=O) groups is 2. The molecule has 3 amide bonds. The number of ether oxygens (including phenoxy) is 1. The van der Waals surface area contributed by atoms with Gasteiger partial charge < -0.3 is 10.1 Å². The topological polar surface area (TPSA) is 70.7 Å². The van der Waals surface area contributed by atoms with E-state index in [1.54, 1.807) is 37.8 Å². The second-order valence-electron chi connectivity index (χ2n) is 9.19. The summed E-state index contributed by atoms with van der Waals surface area (Å²) in [5, 5.41) is 5.58. The molecule has 1 fully saturated rings. The first-order valence-electron chi connectivity index (χ1n) is 10.5. The second kappa shape index (κ2) is 9.14. The molecule has 1 aliphatic heterocycles. The molecule has 1 atom stereocenters. The highest BCUT2D eigenvalue weighted by Crippen LogP contribution is 2.31. The Morgan fingerprint density at radius 3 is 2.44 bits per heavy atom. The highest BCUT2D eigenvalue weighted by molar-refractivity contribution is 5.95. The second-order valence-corrected chi connectivity index (χ2v) is 9.19. The zero-order chi connectivity index (χ0) is 23.6. The summed E-state index contributed by atoms with van der Waals surface area (Å²) in [6.07, 6.45) is -0.180. The Morgan fingerprint density at radius 2 is 1.84 bits per heavy atom. The van der Waals surface area contributed by atoms with Crippen LogP contribution < -0.4 is 15.5 Å². The van der Waals surface area contributed by atoms with Crippen LogP contribution in [0.15, 0.2) is 30.3 Å². The van der Waals surface area contributed by atoms with Gasteiger partial charge in [-0.25, -0.2) is 18.4 Å². The molecule has 1 saturated heterocycles. The van der Waals surface area contributed by atoms with E-state index in [1.807, 2.05) is 13.8 Å². The number of carbonyl (C=O) groups excluding carboxylic acids is 2. The van der Waals surface area contributed by atoms with Gasteiger partial charge in [-0.2, -0.15) is 0 Å². The third-order valence-corrected chi connectivity index (χ3v) is 5.16. The fourth-order valence-corrected chi connectivity index (χ4v) is 3.94. The summed E-state index contributed by atoms with van der Waals surface area (Å²) in [7, 11) is 0.